The highest BCUT2D eigenvalue weighted by Gasteiger charge is 2.19. The number of thiophene rings is 1. The van der Waals surface area contributed by atoms with Crippen LogP contribution in [0.1, 0.15) is 0 Å². The van der Waals surface area contributed by atoms with Gasteiger partial charge in [0.25, 0.3) is 0 Å². The van der Waals surface area contributed by atoms with Crippen LogP contribution in [0.3, 0.4) is 0 Å². The lowest BCUT2D eigenvalue weighted by atomic mass is 9.96. The minimum Gasteiger partial charge on any atom is -0.309 e. The first-order valence-electron chi connectivity index (χ1n) is 14.2. The summed E-state index contributed by atoms with van der Waals surface area (Å²) in [5, 5.41) is 6.28. The zero-order valence-electron chi connectivity index (χ0n) is 22.7. The Morgan fingerprint density at radius 1 is 0.476 bits per heavy atom. The molecule has 0 aliphatic rings. The smallest absolute Gasteiger partial charge is 0.0715 e. The van der Waals surface area contributed by atoms with Crippen LogP contribution in [-0.4, -0.2) is 9.55 Å². The molecule has 0 saturated heterocycles. The molecule has 0 fully saturated rings. The van der Waals surface area contributed by atoms with Crippen LogP contribution in [-0.2, 0) is 0 Å². The van der Waals surface area contributed by atoms with E-state index >= 15 is 0 Å². The van der Waals surface area contributed by atoms with Crippen molar-refractivity contribution >= 4 is 64.2 Å². The number of benzene rings is 6. The van der Waals surface area contributed by atoms with Crippen LogP contribution in [0.2, 0.25) is 0 Å². The fraction of sp³-hybridized carbons (Fsp3) is 0. The van der Waals surface area contributed by atoms with Gasteiger partial charge in [-0.05, 0) is 48.0 Å². The largest absolute Gasteiger partial charge is 0.309 e. The Balaban J connectivity index is 1.44. The van der Waals surface area contributed by atoms with Crippen molar-refractivity contribution in [2.45, 2.75) is 0 Å². The Morgan fingerprint density at radius 2 is 1.10 bits per heavy atom. The van der Waals surface area contributed by atoms with Crippen molar-refractivity contribution in [3.8, 4) is 28.1 Å². The maximum absolute atomic E-state index is 5.11. The Hall–Kier alpha value is -5.25. The quantitative estimate of drug-likeness (QED) is 0.213. The summed E-state index contributed by atoms with van der Waals surface area (Å²) in [5.74, 6) is 0. The van der Waals surface area contributed by atoms with Crippen LogP contribution in [0, 0.1) is 0 Å². The Labute approximate surface area is 246 Å². The van der Waals surface area contributed by atoms with Crippen molar-refractivity contribution in [1.82, 2.24) is 9.55 Å². The number of para-hydroxylation sites is 3. The molecule has 6 aromatic carbocycles. The van der Waals surface area contributed by atoms with E-state index in [-0.39, 0.29) is 0 Å². The van der Waals surface area contributed by atoms with Gasteiger partial charge in [-0.1, -0.05) is 103 Å². The molecule has 9 aromatic rings. The molecule has 0 spiro atoms. The summed E-state index contributed by atoms with van der Waals surface area (Å²) >= 11 is 1.88. The summed E-state index contributed by atoms with van der Waals surface area (Å²) in [5.41, 5.74) is 9.16. The van der Waals surface area contributed by atoms with Gasteiger partial charge < -0.3 is 4.57 Å². The number of nitrogens with zero attached hydrogens (tertiary/aromatic N) is 2. The summed E-state index contributed by atoms with van der Waals surface area (Å²) in [6, 6.07) is 52.4. The predicted octanol–water partition coefficient (Wildman–Crippen LogP) is 11.0. The number of rotatable bonds is 3. The second kappa shape index (κ2) is 9.13. The van der Waals surface area contributed by atoms with E-state index in [1.807, 2.05) is 11.3 Å². The highest BCUT2D eigenvalue weighted by atomic mass is 32.1. The van der Waals surface area contributed by atoms with Crippen molar-refractivity contribution < 1.29 is 0 Å². The summed E-state index contributed by atoms with van der Waals surface area (Å²) < 4.78 is 5.03. The maximum atomic E-state index is 5.11. The van der Waals surface area contributed by atoms with Crippen LogP contribution >= 0.6 is 11.3 Å². The van der Waals surface area contributed by atoms with Gasteiger partial charge in [-0.2, -0.15) is 0 Å². The van der Waals surface area contributed by atoms with Crippen molar-refractivity contribution in [1.29, 1.82) is 0 Å². The molecule has 9 rings (SSSR count). The van der Waals surface area contributed by atoms with Crippen molar-refractivity contribution in [2.75, 3.05) is 0 Å². The van der Waals surface area contributed by atoms with Gasteiger partial charge in [0.2, 0.25) is 0 Å². The third-order valence-electron chi connectivity index (χ3n) is 8.38. The normalized spacial score (nSPS) is 11.8. The van der Waals surface area contributed by atoms with E-state index in [0.29, 0.717) is 0 Å². The summed E-state index contributed by atoms with van der Waals surface area (Å²) in [7, 11) is 0. The highest BCUT2D eigenvalue weighted by molar-refractivity contribution is 7.26. The molecule has 0 aliphatic heterocycles. The molecule has 196 valence electrons. The van der Waals surface area contributed by atoms with E-state index in [1.165, 1.54) is 58.8 Å². The predicted molar refractivity (Wildman–Crippen MR) is 180 cm³/mol. The van der Waals surface area contributed by atoms with Gasteiger partial charge >= 0.3 is 0 Å². The molecule has 0 saturated carbocycles. The van der Waals surface area contributed by atoms with Crippen LogP contribution in [0.25, 0.3) is 81.0 Å². The third-order valence-corrected chi connectivity index (χ3v) is 9.60. The van der Waals surface area contributed by atoms with Gasteiger partial charge in [0, 0.05) is 53.1 Å². The molecule has 0 aliphatic carbocycles. The summed E-state index contributed by atoms with van der Waals surface area (Å²) in [6.07, 6.45) is 0. The zero-order chi connectivity index (χ0) is 27.6. The fourth-order valence-corrected chi connectivity index (χ4v) is 7.71. The van der Waals surface area contributed by atoms with Crippen LogP contribution in [0.15, 0.2) is 146 Å². The van der Waals surface area contributed by atoms with E-state index in [1.54, 1.807) is 0 Å². The molecule has 0 atom stereocenters. The van der Waals surface area contributed by atoms with Gasteiger partial charge in [0.1, 0.15) is 0 Å². The number of hydrogen-bond acceptors (Lipinski definition) is 2. The molecule has 0 radical (unpaired) electrons. The zero-order valence-corrected chi connectivity index (χ0v) is 23.5. The molecule has 0 bridgehead atoms. The summed E-state index contributed by atoms with van der Waals surface area (Å²) in [4.78, 5) is 5.11. The molecule has 2 nitrogen and oxygen atoms in total. The van der Waals surface area contributed by atoms with Gasteiger partial charge in [-0.3, -0.25) is 0 Å². The number of fused-ring (bicyclic) bond motifs is 7. The van der Waals surface area contributed by atoms with E-state index in [2.05, 4.69) is 150 Å². The Kier molecular flexibility index (Phi) is 5.10. The molecule has 3 heterocycles. The van der Waals surface area contributed by atoms with Crippen LogP contribution in [0.5, 0.6) is 0 Å². The Morgan fingerprint density at radius 3 is 1.86 bits per heavy atom. The molecule has 3 aromatic heterocycles. The first-order chi connectivity index (χ1) is 20.8. The molecular weight excluding hydrogens is 529 g/mol. The number of aromatic nitrogens is 2. The van der Waals surface area contributed by atoms with E-state index < -0.39 is 0 Å². The van der Waals surface area contributed by atoms with E-state index in [9.17, 15) is 0 Å². The molecule has 0 unspecified atom stereocenters. The number of hydrogen-bond donors (Lipinski definition) is 0. The van der Waals surface area contributed by atoms with Crippen LogP contribution in [0.4, 0.5) is 0 Å². The lowest BCUT2D eigenvalue weighted by molar-refractivity contribution is 1.19. The first kappa shape index (κ1) is 23.5. The minimum atomic E-state index is 0.987. The van der Waals surface area contributed by atoms with Gasteiger partial charge in [-0.25, -0.2) is 4.98 Å². The molecule has 42 heavy (non-hydrogen) atoms. The van der Waals surface area contributed by atoms with Crippen LogP contribution < -0.4 is 0 Å². The average molecular weight is 553 g/mol. The molecule has 0 N–H and O–H groups in total. The molecule has 0 amide bonds. The first-order valence-corrected chi connectivity index (χ1v) is 15.0. The summed E-state index contributed by atoms with van der Waals surface area (Å²) in [6.45, 7) is 0. The van der Waals surface area contributed by atoms with E-state index in [4.69, 9.17) is 4.98 Å². The second-order valence-electron chi connectivity index (χ2n) is 10.8. The topological polar surface area (TPSA) is 17.8 Å². The van der Waals surface area contributed by atoms with Crippen molar-refractivity contribution in [3.05, 3.63) is 146 Å². The van der Waals surface area contributed by atoms with Crippen molar-refractivity contribution in [2.24, 2.45) is 0 Å². The minimum absolute atomic E-state index is 0.987. The van der Waals surface area contributed by atoms with Crippen molar-refractivity contribution in [3.63, 3.8) is 0 Å². The van der Waals surface area contributed by atoms with Gasteiger partial charge in [-0.15, -0.1) is 11.3 Å². The lowest BCUT2D eigenvalue weighted by Gasteiger charge is -2.15. The SMILES string of the molecule is c1ccc(-c2cc(-c3cc(-n4c5ccccc5c5ccccc54)cc4c3sc3ccccc34)c3ccccc3n2)cc1. The lowest BCUT2D eigenvalue weighted by Crippen LogP contribution is -1.96. The molecule has 3 heteroatoms. The average Bonchev–Trinajstić information content (AvgIpc) is 3.60. The standard InChI is InChI=1S/C39H24N2S/c1-2-12-25(13-3-1)35-24-31(27-14-4-8-18-34(27)40-35)33-23-26(22-32-30-17-7-11-21-38(30)42-39(32)33)41-36-19-9-5-15-28(36)29-16-6-10-20-37(29)41/h1-24H. The monoisotopic (exact) mass is 552 g/mol. The second-order valence-corrected chi connectivity index (χ2v) is 11.8. The highest BCUT2D eigenvalue weighted by Crippen LogP contribution is 2.45. The third kappa shape index (κ3) is 3.47. The molecular formula is C39H24N2S. The fourth-order valence-electron chi connectivity index (χ4n) is 6.50. The van der Waals surface area contributed by atoms with Gasteiger partial charge in [0.15, 0.2) is 0 Å². The number of pyridine rings is 1. The Bertz CT molecular complexity index is 2410. The van der Waals surface area contributed by atoms with Gasteiger partial charge in [0.05, 0.1) is 22.2 Å². The maximum Gasteiger partial charge on any atom is 0.0715 e. The van der Waals surface area contributed by atoms with E-state index in [0.717, 1.165) is 22.2 Å².